The van der Waals surface area contributed by atoms with E-state index >= 15 is 4.79 Å². The number of benzene rings is 1. The quantitative estimate of drug-likeness (QED) is 0.276. The predicted octanol–water partition coefficient (Wildman–Crippen LogP) is 22.9. The first kappa shape index (κ1) is 65.8. The van der Waals surface area contributed by atoms with Crippen LogP contribution in [0.25, 0.3) is 11.4 Å². The Kier molecular flexibility index (Phi) is 36.9. The number of aromatic nitrogens is 3. The molecule has 2 aromatic heterocycles. The third kappa shape index (κ3) is 30.7. The normalized spacial score (nSPS) is 22.0. The van der Waals surface area contributed by atoms with Crippen LogP contribution in [0, 0.1) is 12.3 Å². The molecule has 440 valence electrons. The molecule has 1 spiro atoms. The molecule has 3 aromatic rings. The molecule has 1 aliphatic carbocycles. The van der Waals surface area contributed by atoms with Gasteiger partial charge < -0.3 is 10.2 Å². The maximum absolute atomic E-state index is 15.3. The molecule has 2 aliphatic rings. The van der Waals surface area contributed by atoms with Crippen molar-refractivity contribution in [3.05, 3.63) is 71.1 Å². The minimum atomic E-state index is 0.0266. The van der Waals surface area contributed by atoms with E-state index in [9.17, 15) is 0 Å². The highest BCUT2D eigenvalue weighted by Crippen LogP contribution is 2.54. The second-order valence-electron chi connectivity index (χ2n) is 25.2. The maximum atomic E-state index is 15.3. The third-order valence-corrected chi connectivity index (χ3v) is 18.4. The zero-order valence-electron chi connectivity index (χ0n) is 50.6. The molecule has 7 heteroatoms. The molecule has 5 rings (SSSR count). The van der Waals surface area contributed by atoms with E-state index in [2.05, 4.69) is 44.2 Å². The number of aryl methyl sites for hydroxylation is 1. The summed E-state index contributed by atoms with van der Waals surface area (Å²) >= 11 is 6.29. The van der Waals surface area contributed by atoms with Crippen LogP contribution >= 0.6 is 11.6 Å². The number of amides is 1. The van der Waals surface area contributed by atoms with Crippen LogP contribution in [0.1, 0.15) is 337 Å². The zero-order chi connectivity index (χ0) is 54.7. The molecule has 0 radical (unpaired) electrons. The lowest BCUT2D eigenvalue weighted by molar-refractivity contribution is 0.0649. The predicted molar refractivity (Wildman–Crippen MR) is 338 cm³/mol. The van der Waals surface area contributed by atoms with Crippen molar-refractivity contribution in [3.63, 3.8) is 0 Å². The number of nitrogens with zero attached hydrogens (tertiary/aromatic N) is 4. The van der Waals surface area contributed by atoms with Crippen LogP contribution in [0.4, 0.5) is 5.82 Å². The molecule has 1 aliphatic heterocycles. The summed E-state index contributed by atoms with van der Waals surface area (Å²) < 4.78 is 0. The Labute approximate surface area is 485 Å². The Balaban J connectivity index is 1.09. The molecule has 0 unspecified atom stereocenters. The number of hydrogen-bond acceptors (Lipinski definition) is 5. The highest BCUT2D eigenvalue weighted by molar-refractivity contribution is 6.30. The molecule has 1 amide bonds. The molecule has 6 nitrogen and oxygen atoms in total. The topological polar surface area (TPSA) is 71.0 Å². The van der Waals surface area contributed by atoms with Crippen molar-refractivity contribution in [2.24, 2.45) is 5.41 Å². The van der Waals surface area contributed by atoms with Crippen LogP contribution in [0.5, 0.6) is 0 Å². The van der Waals surface area contributed by atoms with Crippen LogP contribution in [0.3, 0.4) is 0 Å². The van der Waals surface area contributed by atoms with E-state index < -0.39 is 0 Å². The second kappa shape index (κ2) is 43.7. The number of carbonyl (C=O) groups is 1. The second-order valence-corrected chi connectivity index (χ2v) is 25.7. The Morgan fingerprint density at radius 3 is 1.22 bits per heavy atom. The summed E-state index contributed by atoms with van der Waals surface area (Å²) in [7, 11) is 0. The molecule has 1 N–H and O–H groups in total. The Morgan fingerprint density at radius 2 is 0.859 bits per heavy atom. The first-order chi connectivity index (χ1) is 38.5. The summed E-state index contributed by atoms with van der Waals surface area (Å²) in [5, 5.41) is 4.31. The van der Waals surface area contributed by atoms with Gasteiger partial charge in [-0.15, -0.1) is 0 Å². The summed E-state index contributed by atoms with van der Waals surface area (Å²) in [5.74, 6) is 1.51. The van der Waals surface area contributed by atoms with Crippen molar-refractivity contribution < 1.29 is 4.79 Å². The van der Waals surface area contributed by atoms with Gasteiger partial charge in [0.1, 0.15) is 5.82 Å². The summed E-state index contributed by atoms with van der Waals surface area (Å²) in [6.07, 6.45) is 75.0. The number of carbonyl (C=O) groups excluding carboxylic acids is 1. The fourth-order valence-electron chi connectivity index (χ4n) is 12.9. The van der Waals surface area contributed by atoms with E-state index in [1.807, 2.05) is 24.3 Å². The molecule has 1 saturated heterocycles. The van der Waals surface area contributed by atoms with E-state index in [0.29, 0.717) is 28.4 Å². The smallest absolute Gasteiger partial charge is 0.254 e. The average Bonchev–Trinajstić information content (AvgIpc) is 4.27. The zero-order valence-corrected chi connectivity index (χ0v) is 51.4. The average molecular weight is 1090 g/mol. The van der Waals surface area contributed by atoms with Crippen LogP contribution in [-0.2, 0) is 0 Å². The summed E-state index contributed by atoms with van der Waals surface area (Å²) in [5.41, 5.74) is 2.90. The van der Waals surface area contributed by atoms with Gasteiger partial charge in [0.15, 0.2) is 5.82 Å². The van der Waals surface area contributed by atoms with Gasteiger partial charge in [-0.3, -0.25) is 4.79 Å². The van der Waals surface area contributed by atoms with E-state index in [0.717, 1.165) is 42.8 Å². The third-order valence-electron chi connectivity index (χ3n) is 18.1. The largest absolute Gasteiger partial charge is 0.368 e. The monoisotopic (exact) mass is 1090 g/mol. The number of rotatable bonds is 5. The number of halogens is 1. The minimum absolute atomic E-state index is 0.0266. The number of hydrogen-bond donors (Lipinski definition) is 1. The molecule has 2 fully saturated rings. The minimum Gasteiger partial charge on any atom is -0.368 e. The highest BCUT2D eigenvalue weighted by Gasteiger charge is 2.45. The van der Waals surface area contributed by atoms with Gasteiger partial charge in [-0.25, -0.2) is 15.0 Å². The van der Waals surface area contributed by atoms with Crippen molar-refractivity contribution in [3.8, 4) is 11.4 Å². The van der Waals surface area contributed by atoms with Crippen LogP contribution in [-0.4, -0.2) is 44.9 Å². The van der Waals surface area contributed by atoms with Gasteiger partial charge in [0.2, 0.25) is 0 Å². The standard InChI is InChI=1S/C71H118ClN5O/c1-63-49-51-66(69-73-56-48-57-74-69)67(59-63)70(78)77-58-47-45-43-41-39-37-35-33-31-29-27-25-23-21-19-17-15-13-11-9-7-5-3-2-4-6-8-10-12-14-16-18-20-22-24-26-28-30-32-34-36-38-40-42-44-46-53-71(54-55-71)60-65(77)62-76-68-52-50-64(72)61-75-68/h48-52,56-57,59,61,65H,2-47,53-55,58,60,62H2,1H3,(H,75,76)/t65-/m0/s1. The SMILES string of the molecule is Cc1ccc(-c2ncccn2)c(C(=O)N2CCCCCCCCCCCCCCCCCCCCCCCCCCCCCCCCCCCCCCCCCCCCCCCCC3(CC3)C[C@H]2CNc2ccc(Cl)cn2)c1. The molecule has 1 saturated carbocycles. The lowest BCUT2D eigenvalue weighted by Crippen LogP contribution is -2.46. The molecule has 78 heavy (non-hydrogen) atoms. The Morgan fingerprint density at radius 1 is 0.487 bits per heavy atom. The van der Waals surface area contributed by atoms with Crippen molar-refractivity contribution in [2.75, 3.05) is 18.4 Å². The van der Waals surface area contributed by atoms with E-state index in [1.165, 1.54) is 302 Å². The number of pyridine rings is 1. The number of nitrogens with one attached hydrogen (secondary N) is 1. The number of anilines is 1. The fourth-order valence-corrected chi connectivity index (χ4v) is 13.0. The molecular formula is C71H118ClN5O. The lowest BCUT2D eigenvalue weighted by atomic mass is 9.89. The molecule has 1 aromatic carbocycles. The Bertz CT molecular complexity index is 1880. The van der Waals surface area contributed by atoms with Gasteiger partial charge in [-0.1, -0.05) is 318 Å². The van der Waals surface area contributed by atoms with Gasteiger partial charge in [-0.2, -0.15) is 0 Å². The van der Waals surface area contributed by atoms with Crippen molar-refractivity contribution >= 4 is 23.3 Å². The van der Waals surface area contributed by atoms with Gasteiger partial charge in [0.25, 0.3) is 5.91 Å². The van der Waals surface area contributed by atoms with Crippen LogP contribution < -0.4 is 5.32 Å². The first-order valence-corrected chi connectivity index (χ1v) is 34.5. The molecule has 3 heterocycles. The molecule has 1 atom stereocenters. The van der Waals surface area contributed by atoms with E-state index in [1.54, 1.807) is 18.6 Å². The van der Waals surface area contributed by atoms with Gasteiger partial charge >= 0.3 is 0 Å². The lowest BCUT2D eigenvalue weighted by Gasteiger charge is -2.35. The fraction of sp³-hybridized carbons (Fsp3) is 0.775. The Hall–Kier alpha value is -2.99. The van der Waals surface area contributed by atoms with Gasteiger partial charge in [0, 0.05) is 43.3 Å². The van der Waals surface area contributed by atoms with Crippen molar-refractivity contribution in [2.45, 2.75) is 334 Å². The maximum Gasteiger partial charge on any atom is 0.254 e. The summed E-state index contributed by atoms with van der Waals surface area (Å²) in [4.78, 5) is 31.4. The van der Waals surface area contributed by atoms with Crippen LogP contribution in [0.2, 0.25) is 5.02 Å². The van der Waals surface area contributed by atoms with Gasteiger partial charge in [0.05, 0.1) is 10.6 Å². The molecule has 0 bridgehead atoms. The van der Waals surface area contributed by atoms with E-state index in [-0.39, 0.29) is 11.9 Å². The summed E-state index contributed by atoms with van der Waals surface area (Å²) in [6, 6.07) is 11.9. The summed E-state index contributed by atoms with van der Waals surface area (Å²) in [6.45, 7) is 3.49. The van der Waals surface area contributed by atoms with Crippen LogP contribution in [0.15, 0.2) is 55.0 Å². The van der Waals surface area contributed by atoms with E-state index in [4.69, 9.17) is 11.6 Å². The molecular weight excluding hydrogens is 974 g/mol. The first-order valence-electron chi connectivity index (χ1n) is 34.1. The van der Waals surface area contributed by atoms with Crippen molar-refractivity contribution in [1.82, 2.24) is 19.9 Å². The van der Waals surface area contributed by atoms with Crippen molar-refractivity contribution in [1.29, 1.82) is 0 Å². The highest BCUT2D eigenvalue weighted by atomic mass is 35.5. The van der Waals surface area contributed by atoms with Gasteiger partial charge in [-0.05, 0) is 68.7 Å².